The third-order valence-electron chi connectivity index (χ3n) is 2.00. The van der Waals surface area contributed by atoms with Crippen molar-refractivity contribution in [2.45, 2.75) is 6.92 Å². The number of benzene rings is 1. The van der Waals surface area contributed by atoms with Crippen LogP contribution in [-0.2, 0) is 0 Å². The summed E-state index contributed by atoms with van der Waals surface area (Å²) in [5.74, 6) is 0. The normalized spacial score (nSPS) is 9.47. The molecule has 0 atom stereocenters. The highest BCUT2D eigenvalue weighted by molar-refractivity contribution is 9.10. The standard InChI is InChI=1S/C12H13BrN2/c1-9(2)8-15(3)12-6-11(13)5-4-10(12)7-14/h4-6H,1,8H2,2-3H3. The molecule has 1 aromatic carbocycles. The van der Waals surface area contributed by atoms with Gasteiger partial charge in [-0.3, -0.25) is 0 Å². The lowest BCUT2D eigenvalue weighted by atomic mass is 10.1. The summed E-state index contributed by atoms with van der Waals surface area (Å²) in [6.07, 6.45) is 0. The molecule has 0 N–H and O–H groups in total. The van der Waals surface area contributed by atoms with Crippen LogP contribution in [-0.4, -0.2) is 13.6 Å². The lowest BCUT2D eigenvalue weighted by Crippen LogP contribution is -2.20. The van der Waals surface area contributed by atoms with Crippen LogP contribution >= 0.6 is 15.9 Å². The molecule has 0 spiro atoms. The highest BCUT2D eigenvalue weighted by Gasteiger charge is 2.07. The molecule has 0 saturated heterocycles. The second kappa shape index (κ2) is 4.99. The number of halogens is 1. The van der Waals surface area contributed by atoms with Crippen LogP contribution in [0.25, 0.3) is 0 Å². The van der Waals surface area contributed by atoms with E-state index in [1.807, 2.05) is 37.1 Å². The molecule has 2 nitrogen and oxygen atoms in total. The summed E-state index contributed by atoms with van der Waals surface area (Å²) in [4.78, 5) is 2.02. The molecule has 0 radical (unpaired) electrons. The lowest BCUT2D eigenvalue weighted by molar-refractivity contribution is 0.982. The van der Waals surface area contributed by atoms with Crippen molar-refractivity contribution in [3.63, 3.8) is 0 Å². The van der Waals surface area contributed by atoms with E-state index in [2.05, 4.69) is 28.6 Å². The van der Waals surface area contributed by atoms with Crippen LogP contribution < -0.4 is 4.90 Å². The van der Waals surface area contributed by atoms with Crippen molar-refractivity contribution in [2.75, 3.05) is 18.5 Å². The molecule has 15 heavy (non-hydrogen) atoms. The topological polar surface area (TPSA) is 27.0 Å². The predicted molar refractivity (Wildman–Crippen MR) is 66.9 cm³/mol. The molecule has 3 heteroatoms. The zero-order valence-electron chi connectivity index (χ0n) is 8.92. The SMILES string of the molecule is C=C(C)CN(C)c1cc(Br)ccc1C#N. The van der Waals surface area contributed by atoms with E-state index in [9.17, 15) is 0 Å². The van der Waals surface area contributed by atoms with Gasteiger partial charge in [-0.2, -0.15) is 5.26 Å². The van der Waals surface area contributed by atoms with Crippen LogP contribution in [0.1, 0.15) is 12.5 Å². The van der Waals surface area contributed by atoms with Crippen LogP contribution in [0.5, 0.6) is 0 Å². The Morgan fingerprint density at radius 1 is 1.60 bits per heavy atom. The average Bonchev–Trinajstić information content (AvgIpc) is 2.16. The molecule has 0 saturated carbocycles. The first-order valence-electron chi connectivity index (χ1n) is 4.59. The third kappa shape index (κ3) is 3.10. The van der Waals surface area contributed by atoms with E-state index in [1.54, 1.807) is 0 Å². The summed E-state index contributed by atoms with van der Waals surface area (Å²) >= 11 is 3.40. The number of hydrogen-bond acceptors (Lipinski definition) is 2. The minimum absolute atomic E-state index is 0.682. The Morgan fingerprint density at radius 2 is 2.27 bits per heavy atom. The van der Waals surface area contributed by atoms with Crippen molar-refractivity contribution < 1.29 is 0 Å². The molecule has 0 amide bonds. The molecule has 0 aliphatic carbocycles. The molecule has 78 valence electrons. The van der Waals surface area contributed by atoms with Gasteiger partial charge in [0.15, 0.2) is 0 Å². The molecule has 0 aliphatic rings. The summed E-state index contributed by atoms with van der Waals surface area (Å²) in [5, 5.41) is 8.98. The monoisotopic (exact) mass is 264 g/mol. The van der Waals surface area contributed by atoms with E-state index in [-0.39, 0.29) is 0 Å². The van der Waals surface area contributed by atoms with Gasteiger partial charge >= 0.3 is 0 Å². The fourth-order valence-electron chi connectivity index (χ4n) is 1.41. The van der Waals surface area contributed by atoms with Gasteiger partial charge in [0.2, 0.25) is 0 Å². The Balaban J connectivity index is 3.06. The van der Waals surface area contributed by atoms with Crippen molar-refractivity contribution in [1.82, 2.24) is 0 Å². The van der Waals surface area contributed by atoms with E-state index in [0.29, 0.717) is 5.56 Å². The molecule has 0 unspecified atom stereocenters. The van der Waals surface area contributed by atoms with Gasteiger partial charge in [0.25, 0.3) is 0 Å². The maximum absolute atomic E-state index is 8.98. The number of nitrogens with zero attached hydrogens (tertiary/aromatic N) is 2. The van der Waals surface area contributed by atoms with Gasteiger partial charge < -0.3 is 4.90 Å². The first-order chi connectivity index (χ1) is 7.04. The summed E-state index contributed by atoms with van der Waals surface area (Å²) < 4.78 is 0.977. The van der Waals surface area contributed by atoms with Gasteiger partial charge in [0.1, 0.15) is 6.07 Å². The Kier molecular flexibility index (Phi) is 3.93. The summed E-state index contributed by atoms with van der Waals surface area (Å²) in [6.45, 7) is 6.59. The van der Waals surface area contributed by atoms with E-state index >= 15 is 0 Å². The number of nitriles is 1. The highest BCUT2D eigenvalue weighted by atomic mass is 79.9. The van der Waals surface area contributed by atoms with Crippen molar-refractivity contribution in [3.05, 3.63) is 40.4 Å². The van der Waals surface area contributed by atoms with Crippen LogP contribution in [0.2, 0.25) is 0 Å². The Bertz CT molecular complexity index is 418. The van der Waals surface area contributed by atoms with Crippen molar-refractivity contribution in [3.8, 4) is 6.07 Å². The maximum Gasteiger partial charge on any atom is 0.101 e. The summed E-state index contributed by atoms with van der Waals surface area (Å²) in [6, 6.07) is 7.82. The van der Waals surface area contributed by atoms with E-state index in [1.165, 1.54) is 0 Å². The minimum atomic E-state index is 0.682. The first-order valence-corrected chi connectivity index (χ1v) is 5.39. The first kappa shape index (κ1) is 11.8. The molecule has 1 aromatic rings. The molecular weight excluding hydrogens is 252 g/mol. The molecule has 0 heterocycles. The zero-order valence-corrected chi connectivity index (χ0v) is 10.5. The Hall–Kier alpha value is -1.27. The smallest absolute Gasteiger partial charge is 0.101 e. The van der Waals surface area contributed by atoms with Crippen LogP contribution in [0.3, 0.4) is 0 Å². The second-order valence-corrected chi connectivity index (χ2v) is 4.50. The largest absolute Gasteiger partial charge is 0.370 e. The number of likely N-dealkylation sites (N-methyl/N-ethyl adjacent to an activating group) is 1. The second-order valence-electron chi connectivity index (χ2n) is 3.59. The van der Waals surface area contributed by atoms with Gasteiger partial charge in [-0.25, -0.2) is 0 Å². The molecule has 0 bridgehead atoms. The van der Waals surface area contributed by atoms with Crippen molar-refractivity contribution in [1.29, 1.82) is 5.26 Å². The van der Waals surface area contributed by atoms with E-state index in [0.717, 1.165) is 22.3 Å². The van der Waals surface area contributed by atoms with Gasteiger partial charge in [-0.15, -0.1) is 0 Å². The van der Waals surface area contributed by atoms with E-state index in [4.69, 9.17) is 5.26 Å². The fraction of sp³-hybridized carbons (Fsp3) is 0.250. The maximum atomic E-state index is 8.98. The van der Waals surface area contributed by atoms with Gasteiger partial charge in [0, 0.05) is 18.1 Å². The number of hydrogen-bond donors (Lipinski definition) is 0. The highest BCUT2D eigenvalue weighted by Crippen LogP contribution is 2.24. The molecule has 0 fully saturated rings. The number of rotatable bonds is 3. The third-order valence-corrected chi connectivity index (χ3v) is 2.49. The number of anilines is 1. The summed E-state index contributed by atoms with van der Waals surface area (Å²) in [5.41, 5.74) is 2.68. The molecule has 0 aromatic heterocycles. The van der Waals surface area contributed by atoms with Gasteiger partial charge in [0.05, 0.1) is 11.3 Å². The Morgan fingerprint density at radius 3 is 2.80 bits per heavy atom. The van der Waals surface area contributed by atoms with Crippen LogP contribution in [0, 0.1) is 11.3 Å². The summed E-state index contributed by atoms with van der Waals surface area (Å²) in [7, 11) is 1.96. The van der Waals surface area contributed by atoms with E-state index < -0.39 is 0 Å². The fourth-order valence-corrected chi connectivity index (χ4v) is 1.75. The van der Waals surface area contributed by atoms with Crippen molar-refractivity contribution >= 4 is 21.6 Å². The van der Waals surface area contributed by atoms with Crippen LogP contribution in [0.15, 0.2) is 34.8 Å². The predicted octanol–water partition coefficient (Wildman–Crippen LogP) is 3.33. The molecule has 0 aliphatic heterocycles. The van der Waals surface area contributed by atoms with Crippen LogP contribution in [0.4, 0.5) is 5.69 Å². The average molecular weight is 265 g/mol. The molecule has 1 rings (SSSR count). The quantitative estimate of drug-likeness (QED) is 0.784. The molecular formula is C12H13BrN2. The van der Waals surface area contributed by atoms with Gasteiger partial charge in [-0.05, 0) is 25.1 Å². The lowest BCUT2D eigenvalue weighted by Gasteiger charge is -2.20. The van der Waals surface area contributed by atoms with Crippen molar-refractivity contribution in [2.24, 2.45) is 0 Å². The Labute approximate surface area is 99.0 Å². The van der Waals surface area contributed by atoms with Gasteiger partial charge in [-0.1, -0.05) is 28.1 Å². The zero-order chi connectivity index (χ0) is 11.4. The minimum Gasteiger partial charge on any atom is -0.370 e.